The number of nitriles is 1. The summed E-state index contributed by atoms with van der Waals surface area (Å²) in [6.45, 7) is 0.965. The average Bonchev–Trinajstić information content (AvgIpc) is 2.09. The van der Waals surface area contributed by atoms with Gasteiger partial charge in [-0.3, -0.25) is 0 Å². The monoisotopic (exact) mass is 171 g/mol. The minimum Gasteiger partial charge on any atom is -0.388 e. The molecule has 0 aromatic carbocycles. The Bertz CT molecular complexity index is 166. The first-order valence-electron chi connectivity index (χ1n) is 4.13. The molecule has 68 valence electrons. The molecule has 0 saturated carbocycles. The fourth-order valence-electron chi connectivity index (χ4n) is 1.12. The number of ether oxygens (including phenoxy) is 2. The summed E-state index contributed by atoms with van der Waals surface area (Å²) in [7, 11) is 0. The summed E-state index contributed by atoms with van der Waals surface area (Å²) in [5, 5.41) is 17.6. The maximum absolute atomic E-state index is 9.34. The smallest absolute Gasteiger partial charge is 0.183 e. The highest BCUT2D eigenvalue weighted by Gasteiger charge is 2.23. The second-order valence-electron chi connectivity index (χ2n) is 2.73. The zero-order chi connectivity index (χ0) is 8.81. The van der Waals surface area contributed by atoms with Crippen molar-refractivity contribution in [3.63, 3.8) is 0 Å². The van der Waals surface area contributed by atoms with Crippen LogP contribution in [-0.2, 0) is 9.47 Å². The molecule has 0 bridgehead atoms. The SMILES string of the molecule is N#CCCOC1OCCCC1O. The molecule has 4 heteroatoms. The molecule has 1 aliphatic heterocycles. The minimum absolute atomic E-state index is 0.332. The van der Waals surface area contributed by atoms with Gasteiger partial charge < -0.3 is 14.6 Å². The quantitative estimate of drug-likeness (QED) is 0.625. The van der Waals surface area contributed by atoms with Crippen molar-refractivity contribution in [3.8, 4) is 6.07 Å². The second-order valence-corrected chi connectivity index (χ2v) is 2.73. The molecule has 1 rings (SSSR count). The summed E-state index contributed by atoms with van der Waals surface area (Å²) in [5.41, 5.74) is 0. The Morgan fingerprint density at radius 1 is 1.67 bits per heavy atom. The first-order chi connectivity index (χ1) is 5.84. The number of aliphatic hydroxyl groups excluding tert-OH is 1. The van der Waals surface area contributed by atoms with Crippen LogP contribution in [0.25, 0.3) is 0 Å². The summed E-state index contributed by atoms with van der Waals surface area (Å²) in [6, 6.07) is 1.96. The van der Waals surface area contributed by atoms with Crippen LogP contribution in [0.15, 0.2) is 0 Å². The molecule has 1 fully saturated rings. The maximum Gasteiger partial charge on any atom is 0.183 e. The molecular formula is C8H13NO3. The summed E-state index contributed by atoms with van der Waals surface area (Å²) in [5.74, 6) is 0. The Balaban J connectivity index is 2.16. The summed E-state index contributed by atoms with van der Waals surface area (Å²) >= 11 is 0. The van der Waals surface area contributed by atoms with Crippen LogP contribution in [0.5, 0.6) is 0 Å². The Labute approximate surface area is 71.7 Å². The van der Waals surface area contributed by atoms with Gasteiger partial charge in [-0.15, -0.1) is 0 Å². The Morgan fingerprint density at radius 3 is 3.17 bits per heavy atom. The summed E-state index contributed by atoms with van der Waals surface area (Å²) in [4.78, 5) is 0. The van der Waals surface area contributed by atoms with Crippen LogP contribution in [0.2, 0.25) is 0 Å². The van der Waals surface area contributed by atoms with E-state index in [1.54, 1.807) is 0 Å². The summed E-state index contributed by atoms with van der Waals surface area (Å²) < 4.78 is 10.3. The second kappa shape index (κ2) is 5.09. The molecule has 0 aromatic heterocycles. The van der Waals surface area contributed by atoms with Gasteiger partial charge in [-0.1, -0.05) is 0 Å². The van der Waals surface area contributed by atoms with Gasteiger partial charge >= 0.3 is 0 Å². The third-order valence-corrected chi connectivity index (χ3v) is 1.74. The van der Waals surface area contributed by atoms with Crippen LogP contribution >= 0.6 is 0 Å². The highest BCUT2D eigenvalue weighted by Crippen LogP contribution is 2.14. The summed E-state index contributed by atoms with van der Waals surface area (Å²) in [6.07, 6.45) is 0.882. The van der Waals surface area contributed by atoms with Crippen LogP contribution in [0.1, 0.15) is 19.3 Å². The highest BCUT2D eigenvalue weighted by atomic mass is 16.7. The lowest BCUT2D eigenvalue weighted by molar-refractivity contribution is -0.213. The van der Waals surface area contributed by atoms with Crippen molar-refractivity contribution in [2.75, 3.05) is 13.2 Å². The average molecular weight is 171 g/mol. The van der Waals surface area contributed by atoms with Crippen molar-refractivity contribution >= 4 is 0 Å². The Hall–Kier alpha value is -0.630. The third-order valence-electron chi connectivity index (χ3n) is 1.74. The molecule has 1 saturated heterocycles. The van der Waals surface area contributed by atoms with Crippen LogP contribution in [0.3, 0.4) is 0 Å². The van der Waals surface area contributed by atoms with E-state index in [9.17, 15) is 5.11 Å². The van der Waals surface area contributed by atoms with Gasteiger partial charge in [-0.2, -0.15) is 5.26 Å². The topological polar surface area (TPSA) is 62.5 Å². The van der Waals surface area contributed by atoms with Crippen molar-refractivity contribution in [1.82, 2.24) is 0 Å². The number of hydrogen-bond acceptors (Lipinski definition) is 4. The predicted molar refractivity (Wildman–Crippen MR) is 41.2 cm³/mol. The van der Waals surface area contributed by atoms with Crippen LogP contribution in [0, 0.1) is 11.3 Å². The Kier molecular flexibility index (Phi) is 4.01. The molecule has 1 heterocycles. The number of aliphatic hydroxyl groups is 1. The molecule has 0 amide bonds. The molecule has 1 aliphatic rings. The lowest BCUT2D eigenvalue weighted by Crippen LogP contribution is -2.36. The number of nitrogens with zero attached hydrogens (tertiary/aromatic N) is 1. The molecule has 0 radical (unpaired) electrons. The lowest BCUT2D eigenvalue weighted by atomic mass is 10.1. The molecule has 0 aromatic rings. The van der Waals surface area contributed by atoms with E-state index in [0.717, 1.165) is 12.8 Å². The van der Waals surface area contributed by atoms with Gasteiger partial charge in [0, 0.05) is 6.61 Å². The highest BCUT2D eigenvalue weighted by molar-refractivity contribution is 4.70. The van der Waals surface area contributed by atoms with E-state index in [1.165, 1.54) is 0 Å². The standard InChI is InChI=1S/C8H13NO3/c9-4-2-6-12-8-7(10)3-1-5-11-8/h7-8,10H,1-3,5-6H2. The number of rotatable bonds is 3. The van der Waals surface area contributed by atoms with E-state index in [-0.39, 0.29) is 0 Å². The lowest BCUT2D eigenvalue weighted by Gasteiger charge is -2.27. The zero-order valence-electron chi connectivity index (χ0n) is 6.90. The molecule has 0 spiro atoms. The van der Waals surface area contributed by atoms with Gasteiger partial charge in [-0.25, -0.2) is 0 Å². The van der Waals surface area contributed by atoms with Gasteiger partial charge in [0.1, 0.15) is 6.10 Å². The Morgan fingerprint density at radius 2 is 2.50 bits per heavy atom. The van der Waals surface area contributed by atoms with E-state index in [0.29, 0.717) is 19.6 Å². The van der Waals surface area contributed by atoms with Crippen LogP contribution < -0.4 is 0 Å². The van der Waals surface area contributed by atoms with Gasteiger partial charge in [0.15, 0.2) is 6.29 Å². The fourth-order valence-corrected chi connectivity index (χ4v) is 1.12. The molecule has 2 unspecified atom stereocenters. The fraction of sp³-hybridized carbons (Fsp3) is 0.875. The van der Waals surface area contributed by atoms with Crippen LogP contribution in [-0.4, -0.2) is 30.7 Å². The molecule has 0 aliphatic carbocycles. The van der Waals surface area contributed by atoms with Gasteiger partial charge in [-0.05, 0) is 12.8 Å². The van der Waals surface area contributed by atoms with E-state index in [1.807, 2.05) is 6.07 Å². The molecule has 2 atom stereocenters. The minimum atomic E-state index is -0.530. The zero-order valence-corrected chi connectivity index (χ0v) is 6.90. The van der Waals surface area contributed by atoms with Crippen molar-refractivity contribution in [2.24, 2.45) is 0 Å². The van der Waals surface area contributed by atoms with Crippen molar-refractivity contribution in [1.29, 1.82) is 5.26 Å². The molecule has 1 N–H and O–H groups in total. The number of hydrogen-bond donors (Lipinski definition) is 1. The molecule has 12 heavy (non-hydrogen) atoms. The van der Waals surface area contributed by atoms with Crippen molar-refractivity contribution in [2.45, 2.75) is 31.7 Å². The molecule has 4 nitrogen and oxygen atoms in total. The van der Waals surface area contributed by atoms with E-state index in [2.05, 4.69) is 0 Å². The third kappa shape index (κ3) is 2.78. The normalized spacial score (nSPS) is 29.7. The predicted octanol–water partition coefficient (Wildman–Crippen LogP) is 0.414. The van der Waals surface area contributed by atoms with Crippen LogP contribution in [0.4, 0.5) is 0 Å². The van der Waals surface area contributed by atoms with Crippen molar-refractivity contribution < 1.29 is 14.6 Å². The largest absolute Gasteiger partial charge is 0.388 e. The van der Waals surface area contributed by atoms with Gasteiger partial charge in [0.25, 0.3) is 0 Å². The first kappa shape index (κ1) is 9.46. The van der Waals surface area contributed by atoms with Gasteiger partial charge in [0.2, 0.25) is 0 Å². The van der Waals surface area contributed by atoms with E-state index in [4.69, 9.17) is 14.7 Å². The molecular weight excluding hydrogens is 158 g/mol. The van der Waals surface area contributed by atoms with Gasteiger partial charge in [0.05, 0.1) is 19.1 Å². The van der Waals surface area contributed by atoms with Crippen molar-refractivity contribution in [3.05, 3.63) is 0 Å². The first-order valence-corrected chi connectivity index (χ1v) is 4.13. The van der Waals surface area contributed by atoms with E-state index < -0.39 is 12.4 Å². The van der Waals surface area contributed by atoms with E-state index >= 15 is 0 Å². The maximum atomic E-state index is 9.34.